The second-order valence-corrected chi connectivity index (χ2v) is 6.29. The molecule has 118 valence electrons. The Morgan fingerprint density at radius 2 is 1.67 bits per heavy atom. The molecule has 1 aromatic carbocycles. The number of nitrogens with zero attached hydrogens (tertiary/aromatic N) is 2. The molecule has 4 heteroatoms. The first-order chi connectivity index (χ1) is 10.1. The van der Waals surface area contributed by atoms with Gasteiger partial charge in [-0.3, -0.25) is 4.90 Å². The summed E-state index contributed by atoms with van der Waals surface area (Å²) in [6.07, 6.45) is 0. The summed E-state index contributed by atoms with van der Waals surface area (Å²) < 4.78 is 12.9. The van der Waals surface area contributed by atoms with Crippen molar-refractivity contribution in [3.63, 3.8) is 0 Å². The van der Waals surface area contributed by atoms with E-state index in [9.17, 15) is 4.39 Å². The van der Waals surface area contributed by atoms with Crippen molar-refractivity contribution in [3.8, 4) is 0 Å². The molecule has 1 unspecified atom stereocenters. The number of halogens is 1. The SMILES string of the molecule is CC(C)C(C)NCCN1CCN(c2ccc(F)cc2)CC1. The van der Waals surface area contributed by atoms with Gasteiger partial charge in [0.25, 0.3) is 0 Å². The summed E-state index contributed by atoms with van der Waals surface area (Å²) in [7, 11) is 0. The first kappa shape index (κ1) is 16.2. The van der Waals surface area contributed by atoms with Gasteiger partial charge in [-0.25, -0.2) is 4.39 Å². The molecule has 1 aliphatic rings. The Balaban J connectivity index is 1.70. The number of hydrogen-bond acceptors (Lipinski definition) is 3. The fourth-order valence-electron chi connectivity index (χ4n) is 2.57. The Bertz CT molecular complexity index is 411. The number of hydrogen-bond donors (Lipinski definition) is 1. The monoisotopic (exact) mass is 293 g/mol. The van der Waals surface area contributed by atoms with E-state index in [0.717, 1.165) is 45.0 Å². The number of rotatable bonds is 6. The maximum absolute atomic E-state index is 12.9. The Hall–Kier alpha value is -1.13. The lowest BCUT2D eigenvalue weighted by atomic mass is 10.1. The summed E-state index contributed by atoms with van der Waals surface area (Å²) in [6.45, 7) is 13.1. The molecule has 1 aliphatic heterocycles. The Morgan fingerprint density at radius 1 is 1.05 bits per heavy atom. The number of benzene rings is 1. The van der Waals surface area contributed by atoms with E-state index >= 15 is 0 Å². The third kappa shape index (κ3) is 4.97. The van der Waals surface area contributed by atoms with Crippen LogP contribution in [-0.2, 0) is 0 Å². The molecule has 3 nitrogen and oxygen atoms in total. The minimum Gasteiger partial charge on any atom is -0.369 e. The standard InChI is InChI=1S/C17H28FN3/c1-14(2)15(3)19-8-9-20-10-12-21(13-11-20)17-6-4-16(18)5-7-17/h4-7,14-15,19H,8-13H2,1-3H3. The molecule has 1 atom stereocenters. The molecule has 1 saturated heterocycles. The minimum absolute atomic E-state index is 0.164. The molecule has 1 heterocycles. The van der Waals surface area contributed by atoms with Gasteiger partial charge in [-0.1, -0.05) is 13.8 Å². The average molecular weight is 293 g/mol. The molecule has 0 bridgehead atoms. The molecule has 0 saturated carbocycles. The predicted octanol–water partition coefficient (Wildman–Crippen LogP) is 2.58. The van der Waals surface area contributed by atoms with E-state index in [1.54, 1.807) is 12.1 Å². The van der Waals surface area contributed by atoms with Gasteiger partial charge in [0, 0.05) is 51.0 Å². The maximum Gasteiger partial charge on any atom is 0.123 e. The topological polar surface area (TPSA) is 18.5 Å². The van der Waals surface area contributed by atoms with E-state index in [1.807, 2.05) is 12.1 Å². The summed E-state index contributed by atoms with van der Waals surface area (Å²) in [5.41, 5.74) is 1.13. The van der Waals surface area contributed by atoms with Crippen LogP contribution >= 0.6 is 0 Å². The molecule has 1 N–H and O–H groups in total. The summed E-state index contributed by atoms with van der Waals surface area (Å²) in [5, 5.41) is 3.58. The van der Waals surface area contributed by atoms with Gasteiger partial charge in [0.1, 0.15) is 5.82 Å². The lowest BCUT2D eigenvalue weighted by molar-refractivity contribution is 0.251. The zero-order valence-electron chi connectivity index (χ0n) is 13.5. The van der Waals surface area contributed by atoms with Crippen LogP contribution in [0.4, 0.5) is 10.1 Å². The highest BCUT2D eigenvalue weighted by Gasteiger charge is 2.17. The molecule has 0 aliphatic carbocycles. The molecule has 21 heavy (non-hydrogen) atoms. The summed E-state index contributed by atoms with van der Waals surface area (Å²) >= 11 is 0. The van der Waals surface area contributed by atoms with Crippen molar-refractivity contribution in [2.75, 3.05) is 44.2 Å². The van der Waals surface area contributed by atoms with Crippen molar-refractivity contribution >= 4 is 5.69 Å². The van der Waals surface area contributed by atoms with Gasteiger partial charge in [-0.05, 0) is 37.1 Å². The quantitative estimate of drug-likeness (QED) is 0.870. The van der Waals surface area contributed by atoms with Crippen LogP contribution in [0.2, 0.25) is 0 Å². The van der Waals surface area contributed by atoms with Gasteiger partial charge in [0.15, 0.2) is 0 Å². The van der Waals surface area contributed by atoms with Crippen LogP contribution in [0.25, 0.3) is 0 Å². The minimum atomic E-state index is -0.164. The molecular weight excluding hydrogens is 265 g/mol. The highest BCUT2D eigenvalue weighted by molar-refractivity contribution is 5.46. The molecule has 1 aromatic rings. The van der Waals surface area contributed by atoms with E-state index in [0.29, 0.717) is 12.0 Å². The van der Waals surface area contributed by atoms with E-state index in [4.69, 9.17) is 0 Å². The lowest BCUT2D eigenvalue weighted by Crippen LogP contribution is -2.48. The van der Waals surface area contributed by atoms with E-state index < -0.39 is 0 Å². The van der Waals surface area contributed by atoms with Crippen LogP contribution in [0.3, 0.4) is 0 Å². The van der Waals surface area contributed by atoms with Crippen molar-refractivity contribution in [1.82, 2.24) is 10.2 Å². The van der Waals surface area contributed by atoms with Crippen molar-refractivity contribution in [1.29, 1.82) is 0 Å². The number of anilines is 1. The van der Waals surface area contributed by atoms with Crippen LogP contribution in [0.1, 0.15) is 20.8 Å². The lowest BCUT2D eigenvalue weighted by Gasteiger charge is -2.36. The van der Waals surface area contributed by atoms with Crippen LogP contribution in [-0.4, -0.2) is 50.2 Å². The maximum atomic E-state index is 12.9. The summed E-state index contributed by atoms with van der Waals surface area (Å²) in [5.74, 6) is 0.517. The first-order valence-corrected chi connectivity index (χ1v) is 8.02. The smallest absolute Gasteiger partial charge is 0.123 e. The normalized spacial score (nSPS) is 18.2. The largest absolute Gasteiger partial charge is 0.369 e. The zero-order valence-corrected chi connectivity index (χ0v) is 13.5. The van der Waals surface area contributed by atoms with E-state index in [-0.39, 0.29) is 5.82 Å². The van der Waals surface area contributed by atoms with Gasteiger partial charge in [0.2, 0.25) is 0 Å². The third-order valence-corrected chi connectivity index (χ3v) is 4.46. The molecule has 2 rings (SSSR count). The summed E-state index contributed by atoms with van der Waals surface area (Å²) in [4.78, 5) is 4.83. The highest BCUT2D eigenvalue weighted by atomic mass is 19.1. The van der Waals surface area contributed by atoms with Gasteiger partial charge in [-0.15, -0.1) is 0 Å². The van der Waals surface area contributed by atoms with Gasteiger partial charge in [-0.2, -0.15) is 0 Å². The predicted molar refractivity (Wildman–Crippen MR) is 87.4 cm³/mol. The zero-order chi connectivity index (χ0) is 15.2. The Morgan fingerprint density at radius 3 is 2.24 bits per heavy atom. The van der Waals surface area contributed by atoms with E-state index in [2.05, 4.69) is 35.9 Å². The molecule has 1 fully saturated rings. The fraction of sp³-hybridized carbons (Fsp3) is 0.647. The molecule has 0 radical (unpaired) electrons. The number of nitrogens with one attached hydrogen (secondary N) is 1. The average Bonchev–Trinajstić information content (AvgIpc) is 2.48. The molecule has 0 spiro atoms. The van der Waals surface area contributed by atoms with Crippen molar-refractivity contribution in [2.24, 2.45) is 5.92 Å². The fourth-order valence-corrected chi connectivity index (χ4v) is 2.57. The van der Waals surface area contributed by atoms with Crippen LogP contribution in [0.15, 0.2) is 24.3 Å². The Kier molecular flexibility index (Phi) is 6.00. The van der Waals surface area contributed by atoms with Crippen LogP contribution in [0.5, 0.6) is 0 Å². The second-order valence-electron chi connectivity index (χ2n) is 6.29. The van der Waals surface area contributed by atoms with Crippen molar-refractivity contribution in [2.45, 2.75) is 26.8 Å². The third-order valence-electron chi connectivity index (χ3n) is 4.46. The van der Waals surface area contributed by atoms with Crippen molar-refractivity contribution in [3.05, 3.63) is 30.1 Å². The van der Waals surface area contributed by atoms with Crippen LogP contribution < -0.4 is 10.2 Å². The molecule has 0 amide bonds. The van der Waals surface area contributed by atoms with E-state index in [1.165, 1.54) is 0 Å². The van der Waals surface area contributed by atoms with Gasteiger partial charge in [0.05, 0.1) is 0 Å². The second kappa shape index (κ2) is 7.76. The number of piperazine rings is 1. The van der Waals surface area contributed by atoms with Gasteiger partial charge >= 0.3 is 0 Å². The molecule has 0 aromatic heterocycles. The highest BCUT2D eigenvalue weighted by Crippen LogP contribution is 2.16. The Labute approximate surface area is 128 Å². The van der Waals surface area contributed by atoms with Gasteiger partial charge < -0.3 is 10.2 Å². The molecular formula is C17H28FN3. The summed E-state index contributed by atoms with van der Waals surface area (Å²) in [6, 6.07) is 7.40. The van der Waals surface area contributed by atoms with Crippen molar-refractivity contribution < 1.29 is 4.39 Å². The van der Waals surface area contributed by atoms with Crippen LogP contribution in [0, 0.1) is 11.7 Å². The first-order valence-electron chi connectivity index (χ1n) is 8.02.